The molecule has 0 radical (unpaired) electrons. The van der Waals surface area contributed by atoms with Crippen molar-refractivity contribution in [3.8, 4) is 6.07 Å². The molecule has 2 unspecified atom stereocenters. The molecule has 1 aliphatic carbocycles. The average Bonchev–Trinajstić information content (AvgIpc) is 3.31. The Balaban J connectivity index is 1.68. The monoisotopic (exact) mass is 417 g/mol. The summed E-state index contributed by atoms with van der Waals surface area (Å²) in [4.78, 5) is 20.7. The van der Waals surface area contributed by atoms with E-state index in [-0.39, 0.29) is 11.7 Å². The zero-order valence-corrected chi connectivity index (χ0v) is 18.0. The molecule has 2 aromatic rings. The van der Waals surface area contributed by atoms with E-state index >= 15 is 0 Å². The summed E-state index contributed by atoms with van der Waals surface area (Å²) < 4.78 is 7.69. The second kappa shape index (κ2) is 8.98. The summed E-state index contributed by atoms with van der Waals surface area (Å²) in [7, 11) is 0. The van der Waals surface area contributed by atoms with E-state index in [2.05, 4.69) is 13.0 Å². The van der Waals surface area contributed by atoms with E-state index in [1.165, 1.54) is 10.4 Å². The summed E-state index contributed by atoms with van der Waals surface area (Å²) in [5.74, 6) is 1.57. The zero-order chi connectivity index (χ0) is 19.5. The van der Waals surface area contributed by atoms with Gasteiger partial charge in [0.15, 0.2) is 5.16 Å². The topological polar surface area (TPSA) is 67.9 Å². The molecule has 0 N–H and O–H groups in total. The van der Waals surface area contributed by atoms with Crippen LogP contribution >= 0.6 is 23.1 Å². The number of nitrogens with zero attached hydrogens (tertiary/aromatic N) is 3. The molecule has 4 rings (SSSR count). The van der Waals surface area contributed by atoms with Gasteiger partial charge in [-0.1, -0.05) is 18.7 Å². The highest BCUT2D eigenvalue weighted by atomic mass is 32.2. The molecule has 5 nitrogen and oxygen atoms in total. The van der Waals surface area contributed by atoms with Crippen molar-refractivity contribution in [1.82, 2.24) is 9.55 Å². The van der Waals surface area contributed by atoms with Gasteiger partial charge in [0.25, 0.3) is 5.56 Å². The molecule has 0 amide bonds. The molecular weight excluding hydrogens is 390 g/mol. The molecule has 0 aromatic carbocycles. The van der Waals surface area contributed by atoms with Crippen LogP contribution in [0, 0.1) is 17.2 Å². The Morgan fingerprint density at radius 1 is 1.39 bits per heavy atom. The summed E-state index contributed by atoms with van der Waals surface area (Å²) in [6, 6.07) is 2.20. The van der Waals surface area contributed by atoms with E-state index in [4.69, 9.17) is 15.0 Å². The third kappa shape index (κ3) is 4.14. The highest BCUT2D eigenvalue weighted by molar-refractivity contribution is 7.99. The second-order valence-electron chi connectivity index (χ2n) is 7.94. The number of thiophene rings is 1. The van der Waals surface area contributed by atoms with Crippen LogP contribution < -0.4 is 5.56 Å². The van der Waals surface area contributed by atoms with Crippen molar-refractivity contribution >= 4 is 33.3 Å². The molecule has 28 heavy (non-hydrogen) atoms. The first kappa shape index (κ1) is 19.9. The Morgan fingerprint density at radius 3 is 3.07 bits per heavy atom. The Labute approximate surface area is 174 Å². The highest BCUT2D eigenvalue weighted by Gasteiger charge is 2.26. The Bertz CT molecular complexity index is 938. The van der Waals surface area contributed by atoms with E-state index in [0.717, 1.165) is 72.7 Å². The van der Waals surface area contributed by atoms with Crippen LogP contribution in [0.5, 0.6) is 0 Å². The molecule has 1 aliphatic heterocycles. The minimum absolute atomic E-state index is 0.115. The maximum atomic E-state index is 13.5. The lowest BCUT2D eigenvalue weighted by molar-refractivity contribution is 0.0937. The SMILES string of the molecule is CC1CCc2c(sc3nc(SCCCCC#N)n(CC4CCCO4)c(=O)c23)C1. The first-order valence-corrected chi connectivity index (χ1v) is 12.1. The van der Waals surface area contributed by atoms with Crippen LogP contribution in [0.4, 0.5) is 0 Å². The fourth-order valence-electron chi connectivity index (χ4n) is 4.14. The lowest BCUT2D eigenvalue weighted by Crippen LogP contribution is -2.29. The molecule has 0 spiro atoms. The fourth-order valence-corrected chi connectivity index (χ4v) is 6.57. The van der Waals surface area contributed by atoms with E-state index in [1.54, 1.807) is 23.1 Å². The number of hydrogen-bond donors (Lipinski definition) is 0. The van der Waals surface area contributed by atoms with Crippen LogP contribution in [0.15, 0.2) is 9.95 Å². The predicted molar refractivity (Wildman–Crippen MR) is 114 cm³/mol. The summed E-state index contributed by atoms with van der Waals surface area (Å²) >= 11 is 3.37. The van der Waals surface area contributed by atoms with Gasteiger partial charge in [-0.25, -0.2) is 4.98 Å². The number of rotatable bonds is 7. The van der Waals surface area contributed by atoms with Gasteiger partial charge in [0.2, 0.25) is 0 Å². The standard InChI is InChI=1S/C21H27N3O2S2/c1-14-7-8-16-17(12-14)28-19-18(16)20(25)24(13-15-6-5-10-26-15)21(23-19)27-11-4-2-3-9-22/h14-15H,2-8,10-13H2,1H3. The van der Waals surface area contributed by atoms with Gasteiger partial charge in [-0.15, -0.1) is 11.3 Å². The van der Waals surface area contributed by atoms with Gasteiger partial charge in [0.05, 0.1) is 24.1 Å². The maximum Gasteiger partial charge on any atom is 0.263 e. The number of ether oxygens (including phenoxy) is 1. The minimum Gasteiger partial charge on any atom is -0.376 e. The van der Waals surface area contributed by atoms with Crippen LogP contribution in [0.25, 0.3) is 10.2 Å². The lowest BCUT2D eigenvalue weighted by atomic mass is 9.89. The second-order valence-corrected chi connectivity index (χ2v) is 10.1. The number of hydrogen-bond acceptors (Lipinski definition) is 6. The molecule has 2 aromatic heterocycles. The number of aryl methyl sites for hydroxylation is 1. The molecular formula is C21H27N3O2S2. The molecule has 2 atom stereocenters. The maximum absolute atomic E-state index is 13.5. The van der Waals surface area contributed by atoms with Crippen molar-refractivity contribution in [3.63, 3.8) is 0 Å². The van der Waals surface area contributed by atoms with E-state index in [0.29, 0.717) is 18.9 Å². The Morgan fingerprint density at radius 2 is 2.29 bits per heavy atom. The fraction of sp³-hybridized carbons (Fsp3) is 0.667. The third-order valence-electron chi connectivity index (χ3n) is 5.70. The molecule has 0 saturated carbocycles. The van der Waals surface area contributed by atoms with Crippen LogP contribution in [0.2, 0.25) is 0 Å². The summed E-state index contributed by atoms with van der Waals surface area (Å²) in [5.41, 5.74) is 1.37. The van der Waals surface area contributed by atoms with Gasteiger partial charge >= 0.3 is 0 Å². The quantitative estimate of drug-likeness (QED) is 0.376. The number of thioether (sulfide) groups is 1. The molecule has 1 saturated heterocycles. The van der Waals surface area contributed by atoms with Gasteiger partial charge in [-0.2, -0.15) is 5.26 Å². The highest BCUT2D eigenvalue weighted by Crippen LogP contribution is 2.36. The van der Waals surface area contributed by atoms with Gasteiger partial charge in [-0.3, -0.25) is 9.36 Å². The molecule has 7 heteroatoms. The van der Waals surface area contributed by atoms with E-state index in [1.807, 2.05) is 4.57 Å². The van der Waals surface area contributed by atoms with Crippen LogP contribution in [-0.4, -0.2) is 28.0 Å². The summed E-state index contributed by atoms with van der Waals surface area (Å²) in [5, 5.41) is 10.4. The van der Waals surface area contributed by atoms with E-state index < -0.39 is 0 Å². The smallest absolute Gasteiger partial charge is 0.263 e. The van der Waals surface area contributed by atoms with Crippen LogP contribution in [-0.2, 0) is 24.1 Å². The van der Waals surface area contributed by atoms with Crippen molar-refractivity contribution in [2.45, 2.75) is 76.1 Å². The molecule has 2 aliphatic rings. The molecule has 150 valence electrons. The number of unbranched alkanes of at least 4 members (excludes halogenated alkanes) is 2. The van der Waals surface area contributed by atoms with Crippen molar-refractivity contribution in [2.24, 2.45) is 5.92 Å². The number of fused-ring (bicyclic) bond motifs is 3. The first-order chi connectivity index (χ1) is 13.7. The zero-order valence-electron chi connectivity index (χ0n) is 16.4. The first-order valence-electron chi connectivity index (χ1n) is 10.3. The van der Waals surface area contributed by atoms with Gasteiger partial charge in [0, 0.05) is 23.7 Å². The predicted octanol–water partition coefficient (Wildman–Crippen LogP) is 4.55. The Hall–Kier alpha value is -1.36. The molecule has 0 bridgehead atoms. The molecule has 3 heterocycles. The average molecular weight is 418 g/mol. The third-order valence-corrected chi connectivity index (χ3v) is 7.92. The van der Waals surface area contributed by atoms with Crippen molar-refractivity contribution in [3.05, 3.63) is 20.8 Å². The van der Waals surface area contributed by atoms with Crippen molar-refractivity contribution < 1.29 is 4.74 Å². The van der Waals surface area contributed by atoms with Gasteiger partial charge < -0.3 is 4.74 Å². The van der Waals surface area contributed by atoms with Crippen LogP contribution in [0.1, 0.15) is 55.9 Å². The molecule has 1 fully saturated rings. The minimum atomic E-state index is 0.115. The number of nitriles is 1. The summed E-state index contributed by atoms with van der Waals surface area (Å²) in [6.07, 6.45) is 7.85. The van der Waals surface area contributed by atoms with Crippen molar-refractivity contribution in [2.75, 3.05) is 12.4 Å². The Kier molecular flexibility index (Phi) is 6.39. The van der Waals surface area contributed by atoms with E-state index in [9.17, 15) is 4.79 Å². The van der Waals surface area contributed by atoms with Crippen LogP contribution in [0.3, 0.4) is 0 Å². The van der Waals surface area contributed by atoms with Crippen molar-refractivity contribution in [1.29, 1.82) is 5.26 Å². The summed E-state index contributed by atoms with van der Waals surface area (Å²) in [6.45, 7) is 3.68. The van der Waals surface area contributed by atoms with Gasteiger partial charge in [0.1, 0.15) is 4.83 Å². The number of aromatic nitrogens is 2. The normalized spacial score (nSPS) is 21.7. The lowest BCUT2D eigenvalue weighted by Gasteiger charge is -2.18. The largest absolute Gasteiger partial charge is 0.376 e. The van der Waals surface area contributed by atoms with Gasteiger partial charge in [-0.05, 0) is 56.4 Å².